The highest BCUT2D eigenvalue weighted by molar-refractivity contribution is 6.30. The van der Waals surface area contributed by atoms with Crippen molar-refractivity contribution in [3.63, 3.8) is 0 Å². The summed E-state index contributed by atoms with van der Waals surface area (Å²) in [6, 6.07) is 14.5. The molecular weight excluding hydrogens is 495 g/mol. The largest absolute Gasteiger partial charge is 0.394 e. The molecule has 2 aromatic carbocycles. The van der Waals surface area contributed by atoms with E-state index in [0.29, 0.717) is 22.4 Å². The minimum absolute atomic E-state index is 0.0523. The zero-order valence-electron chi connectivity index (χ0n) is 18.9. The van der Waals surface area contributed by atoms with Crippen LogP contribution in [0.3, 0.4) is 0 Å². The van der Waals surface area contributed by atoms with Crippen LogP contribution in [0.4, 0.5) is 0 Å². The third-order valence-electron chi connectivity index (χ3n) is 5.41. The molecule has 2 heterocycles. The Morgan fingerprint density at radius 2 is 1.83 bits per heavy atom. The van der Waals surface area contributed by atoms with Gasteiger partial charge in [-0.15, -0.1) is 0 Å². The Morgan fingerprint density at radius 3 is 2.54 bits per heavy atom. The Kier molecular flexibility index (Phi) is 8.04. The number of aryl methyl sites for hydroxylation is 1. The van der Waals surface area contributed by atoms with Crippen molar-refractivity contribution in [1.29, 1.82) is 0 Å². The molecule has 2 N–H and O–H groups in total. The molecule has 4 rings (SSSR count). The van der Waals surface area contributed by atoms with Crippen molar-refractivity contribution >= 4 is 34.4 Å². The third-order valence-corrected chi connectivity index (χ3v) is 5.90. The second-order valence-corrected chi connectivity index (χ2v) is 8.77. The first kappa shape index (κ1) is 25.2. The maximum Gasteiger partial charge on any atom is 0.329 e. The van der Waals surface area contributed by atoms with Crippen LogP contribution in [0.5, 0.6) is 0 Å². The minimum atomic E-state index is -0.780. The molecular formula is C24H24Cl2N4O5. The molecule has 1 unspecified atom stereocenters. The summed E-state index contributed by atoms with van der Waals surface area (Å²) in [4.78, 5) is 31.9. The molecule has 2 aromatic heterocycles. The SMILES string of the molecule is Cn1c(=O)[nH]c(=O)c2c1nc(CC(OCCO)OCc1cccc(Cl)c1)n2Cc1ccc(Cl)cc1. The molecule has 0 saturated carbocycles. The van der Waals surface area contributed by atoms with Crippen molar-refractivity contribution in [3.05, 3.63) is 96.4 Å². The second-order valence-electron chi connectivity index (χ2n) is 7.90. The molecule has 4 aromatic rings. The van der Waals surface area contributed by atoms with E-state index in [9.17, 15) is 14.7 Å². The zero-order chi connectivity index (χ0) is 24.9. The van der Waals surface area contributed by atoms with E-state index in [2.05, 4.69) is 9.97 Å². The number of ether oxygens (including phenoxy) is 2. The molecule has 0 aliphatic rings. The number of halogens is 2. The summed E-state index contributed by atoms with van der Waals surface area (Å²) in [6.45, 7) is 0.390. The standard InChI is InChI=1S/C24H24Cl2N4O5/c1-29-22-21(23(32)28-24(29)33)30(13-15-5-7-17(25)8-6-15)19(27-22)12-20(34-10-9-31)35-14-16-3-2-4-18(26)11-16/h2-8,11,20,31H,9-10,12-14H2,1H3,(H,28,32,33). The van der Waals surface area contributed by atoms with Crippen LogP contribution in [0.1, 0.15) is 17.0 Å². The first-order valence-electron chi connectivity index (χ1n) is 10.9. The van der Waals surface area contributed by atoms with Gasteiger partial charge in [-0.25, -0.2) is 9.78 Å². The lowest BCUT2D eigenvalue weighted by Gasteiger charge is -2.19. The molecule has 0 bridgehead atoms. The van der Waals surface area contributed by atoms with E-state index < -0.39 is 17.5 Å². The van der Waals surface area contributed by atoms with Crippen molar-refractivity contribution in [2.75, 3.05) is 13.2 Å². The summed E-state index contributed by atoms with van der Waals surface area (Å²) >= 11 is 12.1. The lowest BCUT2D eigenvalue weighted by molar-refractivity contribution is -0.154. The molecule has 0 radical (unpaired) electrons. The smallest absolute Gasteiger partial charge is 0.329 e. The molecule has 11 heteroatoms. The molecule has 184 valence electrons. The molecule has 0 saturated heterocycles. The molecule has 9 nitrogen and oxygen atoms in total. The van der Waals surface area contributed by atoms with Gasteiger partial charge in [0.15, 0.2) is 17.5 Å². The van der Waals surface area contributed by atoms with Crippen molar-refractivity contribution in [2.24, 2.45) is 7.05 Å². The van der Waals surface area contributed by atoms with Crippen LogP contribution in [0.25, 0.3) is 11.2 Å². The number of imidazole rings is 1. The van der Waals surface area contributed by atoms with Crippen LogP contribution in [0, 0.1) is 0 Å². The number of aromatic amines is 1. The van der Waals surface area contributed by atoms with E-state index in [4.69, 9.17) is 32.7 Å². The Hall–Kier alpha value is -2.95. The van der Waals surface area contributed by atoms with Crippen LogP contribution in [0.2, 0.25) is 10.0 Å². The number of hydrogen-bond acceptors (Lipinski definition) is 6. The number of aromatic nitrogens is 4. The summed E-state index contributed by atoms with van der Waals surface area (Å²) in [5.74, 6) is 0.482. The average Bonchev–Trinajstić information content (AvgIpc) is 3.19. The van der Waals surface area contributed by atoms with E-state index in [1.54, 1.807) is 35.9 Å². The summed E-state index contributed by atoms with van der Waals surface area (Å²) in [7, 11) is 1.54. The number of fused-ring (bicyclic) bond motifs is 1. The van der Waals surface area contributed by atoms with Crippen molar-refractivity contribution < 1.29 is 14.6 Å². The lowest BCUT2D eigenvalue weighted by Crippen LogP contribution is -2.29. The highest BCUT2D eigenvalue weighted by atomic mass is 35.5. The minimum Gasteiger partial charge on any atom is -0.394 e. The van der Waals surface area contributed by atoms with Crippen molar-refractivity contribution in [1.82, 2.24) is 19.1 Å². The predicted molar refractivity (Wildman–Crippen MR) is 133 cm³/mol. The lowest BCUT2D eigenvalue weighted by atomic mass is 10.2. The fraction of sp³-hybridized carbons (Fsp3) is 0.292. The number of aliphatic hydroxyl groups is 1. The maximum absolute atomic E-state index is 12.8. The first-order valence-corrected chi connectivity index (χ1v) is 11.6. The van der Waals surface area contributed by atoms with E-state index in [-0.39, 0.29) is 37.4 Å². The highest BCUT2D eigenvalue weighted by Gasteiger charge is 2.21. The fourth-order valence-electron chi connectivity index (χ4n) is 3.69. The van der Waals surface area contributed by atoms with E-state index in [0.717, 1.165) is 11.1 Å². The molecule has 0 spiro atoms. The van der Waals surface area contributed by atoms with Gasteiger partial charge < -0.3 is 19.1 Å². The van der Waals surface area contributed by atoms with Gasteiger partial charge in [0.1, 0.15) is 5.82 Å². The zero-order valence-corrected chi connectivity index (χ0v) is 20.4. The van der Waals surface area contributed by atoms with Gasteiger partial charge in [0.2, 0.25) is 0 Å². The summed E-state index contributed by atoms with van der Waals surface area (Å²) in [6.07, 6.45) is -0.616. The van der Waals surface area contributed by atoms with Crippen molar-refractivity contribution in [2.45, 2.75) is 25.9 Å². The normalized spacial score (nSPS) is 12.3. The van der Waals surface area contributed by atoms with Crippen LogP contribution in [0.15, 0.2) is 58.1 Å². The van der Waals surface area contributed by atoms with Crippen LogP contribution < -0.4 is 11.2 Å². The number of H-pyrrole nitrogens is 1. The Bertz CT molecular complexity index is 1430. The number of aliphatic hydroxyl groups excluding tert-OH is 1. The maximum atomic E-state index is 12.8. The van der Waals surface area contributed by atoms with Crippen LogP contribution >= 0.6 is 23.2 Å². The average molecular weight is 519 g/mol. The molecule has 0 aliphatic heterocycles. The van der Waals surface area contributed by atoms with Crippen LogP contribution in [-0.2, 0) is 36.1 Å². The fourth-order valence-corrected chi connectivity index (χ4v) is 4.03. The van der Waals surface area contributed by atoms with Gasteiger partial charge >= 0.3 is 5.69 Å². The molecule has 0 aliphatic carbocycles. The predicted octanol–water partition coefficient (Wildman–Crippen LogP) is 2.87. The highest BCUT2D eigenvalue weighted by Crippen LogP contribution is 2.19. The van der Waals surface area contributed by atoms with E-state index in [1.165, 1.54) is 4.57 Å². The number of nitrogens with zero attached hydrogens (tertiary/aromatic N) is 3. The van der Waals surface area contributed by atoms with Gasteiger partial charge in [0.05, 0.1) is 26.2 Å². The molecule has 0 fully saturated rings. The molecule has 35 heavy (non-hydrogen) atoms. The number of benzene rings is 2. The van der Waals surface area contributed by atoms with Gasteiger partial charge in [-0.2, -0.15) is 0 Å². The van der Waals surface area contributed by atoms with E-state index >= 15 is 0 Å². The Labute approximate surface area is 210 Å². The van der Waals surface area contributed by atoms with Gasteiger partial charge in [-0.05, 0) is 35.4 Å². The summed E-state index contributed by atoms with van der Waals surface area (Å²) < 4.78 is 14.7. The van der Waals surface area contributed by atoms with Crippen LogP contribution in [-0.4, -0.2) is 43.7 Å². The quantitative estimate of drug-likeness (QED) is 0.312. The van der Waals surface area contributed by atoms with Gasteiger partial charge in [-0.3, -0.25) is 14.3 Å². The van der Waals surface area contributed by atoms with Crippen molar-refractivity contribution in [3.8, 4) is 0 Å². The van der Waals surface area contributed by atoms with E-state index in [1.807, 2.05) is 24.3 Å². The summed E-state index contributed by atoms with van der Waals surface area (Å²) in [5, 5.41) is 10.5. The molecule has 1 atom stereocenters. The van der Waals surface area contributed by atoms with Gasteiger partial charge in [0.25, 0.3) is 5.56 Å². The number of nitrogens with one attached hydrogen (secondary N) is 1. The molecule has 0 amide bonds. The third kappa shape index (κ3) is 6.01. The first-order chi connectivity index (χ1) is 16.9. The summed E-state index contributed by atoms with van der Waals surface area (Å²) in [5.41, 5.74) is 1.14. The topological polar surface area (TPSA) is 111 Å². The van der Waals surface area contributed by atoms with Gasteiger partial charge in [-0.1, -0.05) is 47.5 Å². The Balaban J connectivity index is 1.70. The number of rotatable bonds is 10. The Morgan fingerprint density at radius 1 is 1.06 bits per heavy atom. The van der Waals surface area contributed by atoms with Gasteiger partial charge in [0, 0.05) is 23.6 Å². The second kappa shape index (κ2) is 11.2. The monoisotopic (exact) mass is 518 g/mol. The number of hydrogen-bond donors (Lipinski definition) is 2.